The van der Waals surface area contributed by atoms with Crippen molar-refractivity contribution < 1.29 is 4.39 Å². The van der Waals surface area contributed by atoms with Crippen molar-refractivity contribution in [3.63, 3.8) is 0 Å². The van der Waals surface area contributed by atoms with Gasteiger partial charge in [0.2, 0.25) is 0 Å². The molecule has 2 aromatic rings. The molecule has 5 heteroatoms. The number of thioether (sulfide) groups is 1. The first kappa shape index (κ1) is 14.1. The van der Waals surface area contributed by atoms with Crippen LogP contribution in [0.15, 0.2) is 24.3 Å². The Hall–Kier alpha value is -0.880. The molecular weight excluding hydrogens is 291 g/mol. The van der Waals surface area contributed by atoms with E-state index < -0.39 is 0 Å². The summed E-state index contributed by atoms with van der Waals surface area (Å²) in [7, 11) is 0. The number of rotatable bonds is 3. The lowest BCUT2D eigenvalue weighted by Gasteiger charge is -2.15. The smallest absolute Gasteiger partial charge is 0.126 e. The molecule has 0 spiro atoms. The Bertz CT molecular complexity index is 601. The second-order valence-electron chi connectivity index (χ2n) is 5.01. The Labute approximate surface area is 126 Å². The van der Waals surface area contributed by atoms with Crippen LogP contribution in [0.2, 0.25) is 0 Å². The summed E-state index contributed by atoms with van der Waals surface area (Å²) in [6.07, 6.45) is 1.13. The third-order valence-electron chi connectivity index (χ3n) is 3.63. The number of aryl methyl sites for hydroxylation is 2. The zero-order valence-electron chi connectivity index (χ0n) is 11.3. The number of nitrogens with one attached hydrogen (secondary N) is 1. The van der Waals surface area contributed by atoms with Gasteiger partial charge in [0.25, 0.3) is 0 Å². The highest BCUT2D eigenvalue weighted by atomic mass is 32.2. The molecule has 1 aliphatic rings. The van der Waals surface area contributed by atoms with Crippen LogP contribution in [0.25, 0.3) is 0 Å². The zero-order valence-corrected chi connectivity index (χ0v) is 12.9. The lowest BCUT2D eigenvalue weighted by Crippen LogP contribution is -2.28. The van der Waals surface area contributed by atoms with Crippen molar-refractivity contribution in [3.05, 3.63) is 56.5 Å². The van der Waals surface area contributed by atoms with E-state index in [1.165, 1.54) is 21.1 Å². The number of thiophene rings is 1. The van der Waals surface area contributed by atoms with E-state index in [-0.39, 0.29) is 11.9 Å². The van der Waals surface area contributed by atoms with Gasteiger partial charge in [-0.1, -0.05) is 12.1 Å². The molecule has 1 unspecified atom stereocenters. The van der Waals surface area contributed by atoms with Gasteiger partial charge >= 0.3 is 0 Å². The molecule has 0 aliphatic carbocycles. The molecule has 0 radical (unpaired) electrons. The minimum atomic E-state index is -0.181. The van der Waals surface area contributed by atoms with Crippen LogP contribution in [0.5, 0.6) is 0 Å². The first-order chi connectivity index (χ1) is 9.69. The molecule has 1 aromatic carbocycles. The van der Waals surface area contributed by atoms with Crippen LogP contribution in [-0.4, -0.2) is 5.75 Å². The minimum absolute atomic E-state index is 0.134. The predicted octanol–water partition coefficient (Wildman–Crippen LogP) is 3.54. The van der Waals surface area contributed by atoms with Gasteiger partial charge in [0.05, 0.1) is 6.04 Å². The SMILES string of the molecule is Cc1ccc(C(NN)c2cc3c(s2)CCSC3)cc1F. The molecule has 1 atom stereocenters. The molecule has 3 rings (SSSR count). The van der Waals surface area contributed by atoms with Gasteiger partial charge in [-0.15, -0.1) is 11.3 Å². The molecule has 1 aliphatic heterocycles. The highest BCUT2D eigenvalue weighted by Crippen LogP contribution is 2.36. The summed E-state index contributed by atoms with van der Waals surface area (Å²) < 4.78 is 13.7. The average molecular weight is 308 g/mol. The molecule has 0 amide bonds. The maximum atomic E-state index is 13.7. The van der Waals surface area contributed by atoms with Gasteiger partial charge in [-0.05, 0) is 47.9 Å². The van der Waals surface area contributed by atoms with Crippen LogP contribution in [-0.2, 0) is 12.2 Å². The molecule has 1 aromatic heterocycles. The number of fused-ring (bicyclic) bond motifs is 1. The van der Waals surface area contributed by atoms with E-state index in [4.69, 9.17) is 5.84 Å². The van der Waals surface area contributed by atoms with Gasteiger partial charge in [-0.25, -0.2) is 9.82 Å². The number of hydrazine groups is 1. The minimum Gasteiger partial charge on any atom is -0.271 e. The van der Waals surface area contributed by atoms with E-state index >= 15 is 0 Å². The molecule has 0 saturated heterocycles. The lowest BCUT2D eigenvalue weighted by atomic mass is 10.0. The first-order valence-corrected chi connectivity index (χ1v) is 8.57. The van der Waals surface area contributed by atoms with E-state index in [0.29, 0.717) is 5.56 Å². The summed E-state index contributed by atoms with van der Waals surface area (Å²) in [4.78, 5) is 2.62. The van der Waals surface area contributed by atoms with Crippen LogP contribution in [0, 0.1) is 12.7 Å². The van der Waals surface area contributed by atoms with Crippen LogP contribution < -0.4 is 11.3 Å². The van der Waals surface area contributed by atoms with Gasteiger partial charge < -0.3 is 0 Å². The van der Waals surface area contributed by atoms with Crippen molar-refractivity contribution in [1.82, 2.24) is 5.43 Å². The summed E-state index contributed by atoms with van der Waals surface area (Å²) in [6.45, 7) is 1.77. The van der Waals surface area contributed by atoms with Crippen molar-refractivity contribution in [2.45, 2.75) is 25.1 Å². The molecule has 20 heavy (non-hydrogen) atoms. The average Bonchev–Trinajstić information content (AvgIpc) is 2.87. The summed E-state index contributed by atoms with van der Waals surface area (Å²) >= 11 is 3.76. The number of benzene rings is 1. The number of hydrogen-bond donors (Lipinski definition) is 2. The number of nitrogens with two attached hydrogens (primary N) is 1. The highest BCUT2D eigenvalue weighted by molar-refractivity contribution is 7.98. The standard InChI is InChI=1S/C15H17FN2S2/c1-9-2-3-10(6-12(9)16)15(18-17)14-7-11-8-19-5-4-13(11)20-14/h2-3,6-7,15,18H,4-5,8,17H2,1H3. The van der Waals surface area contributed by atoms with Gasteiger partial charge in [0.15, 0.2) is 0 Å². The van der Waals surface area contributed by atoms with Gasteiger partial charge in [0, 0.05) is 15.5 Å². The van der Waals surface area contributed by atoms with E-state index in [9.17, 15) is 4.39 Å². The van der Waals surface area contributed by atoms with Gasteiger partial charge in [-0.2, -0.15) is 11.8 Å². The molecule has 3 N–H and O–H groups in total. The fraction of sp³-hybridized carbons (Fsp3) is 0.333. The van der Waals surface area contributed by atoms with E-state index in [2.05, 4.69) is 11.5 Å². The topological polar surface area (TPSA) is 38.0 Å². The van der Waals surface area contributed by atoms with Crippen molar-refractivity contribution >= 4 is 23.1 Å². The predicted molar refractivity (Wildman–Crippen MR) is 84.5 cm³/mol. The third kappa shape index (κ3) is 2.63. The lowest BCUT2D eigenvalue weighted by molar-refractivity contribution is 0.601. The van der Waals surface area contributed by atoms with E-state index in [0.717, 1.165) is 17.7 Å². The van der Waals surface area contributed by atoms with E-state index in [1.54, 1.807) is 30.4 Å². The maximum Gasteiger partial charge on any atom is 0.126 e. The summed E-state index contributed by atoms with van der Waals surface area (Å²) in [6, 6.07) is 7.40. The molecular formula is C15H17FN2S2. The zero-order chi connectivity index (χ0) is 14.1. The quantitative estimate of drug-likeness (QED) is 0.673. The second-order valence-corrected chi connectivity index (χ2v) is 7.28. The molecule has 0 bridgehead atoms. The Morgan fingerprint density at radius 3 is 2.90 bits per heavy atom. The van der Waals surface area contributed by atoms with Crippen LogP contribution >= 0.6 is 23.1 Å². The number of hydrogen-bond acceptors (Lipinski definition) is 4. The fourth-order valence-corrected chi connectivity index (χ4v) is 4.91. The van der Waals surface area contributed by atoms with Crippen molar-refractivity contribution in [2.24, 2.45) is 5.84 Å². The molecule has 106 valence electrons. The second kappa shape index (κ2) is 5.85. The van der Waals surface area contributed by atoms with Crippen molar-refractivity contribution in [3.8, 4) is 0 Å². The van der Waals surface area contributed by atoms with Crippen molar-refractivity contribution in [1.29, 1.82) is 0 Å². The summed E-state index contributed by atoms with van der Waals surface area (Å²) in [5.41, 5.74) is 5.77. The van der Waals surface area contributed by atoms with Gasteiger partial charge in [-0.3, -0.25) is 5.84 Å². The van der Waals surface area contributed by atoms with Crippen LogP contribution in [0.1, 0.15) is 32.5 Å². The Balaban J connectivity index is 1.96. The molecule has 2 heterocycles. The monoisotopic (exact) mass is 308 g/mol. The van der Waals surface area contributed by atoms with Crippen molar-refractivity contribution in [2.75, 3.05) is 5.75 Å². The molecule has 0 saturated carbocycles. The fourth-order valence-electron chi connectivity index (χ4n) is 2.44. The summed E-state index contributed by atoms with van der Waals surface area (Å²) in [5.74, 6) is 7.79. The highest BCUT2D eigenvalue weighted by Gasteiger charge is 2.20. The largest absolute Gasteiger partial charge is 0.271 e. The maximum absolute atomic E-state index is 13.7. The van der Waals surface area contributed by atoms with E-state index in [1.807, 2.05) is 17.8 Å². The summed E-state index contributed by atoms with van der Waals surface area (Å²) in [5, 5.41) is 0. The Morgan fingerprint density at radius 1 is 1.35 bits per heavy atom. The normalized spacial score (nSPS) is 15.9. The number of halogens is 1. The van der Waals surface area contributed by atoms with Crippen LogP contribution in [0.4, 0.5) is 4.39 Å². The van der Waals surface area contributed by atoms with Crippen LogP contribution in [0.3, 0.4) is 0 Å². The first-order valence-electron chi connectivity index (χ1n) is 6.60. The Morgan fingerprint density at radius 2 is 2.20 bits per heavy atom. The molecule has 0 fully saturated rings. The Kier molecular flexibility index (Phi) is 4.12. The van der Waals surface area contributed by atoms with Gasteiger partial charge in [0.1, 0.15) is 5.82 Å². The molecule has 2 nitrogen and oxygen atoms in total. The third-order valence-corrected chi connectivity index (χ3v) is 5.94.